The van der Waals surface area contributed by atoms with E-state index in [2.05, 4.69) is 10.3 Å². The van der Waals surface area contributed by atoms with E-state index >= 15 is 0 Å². The average molecular weight is 304 g/mol. The zero-order chi connectivity index (χ0) is 16.3. The number of hydrogen-bond acceptors (Lipinski definition) is 5. The lowest BCUT2D eigenvalue weighted by molar-refractivity contribution is -0.139. The van der Waals surface area contributed by atoms with Gasteiger partial charge in [-0.2, -0.15) is 0 Å². The lowest BCUT2D eigenvalue weighted by Crippen LogP contribution is -2.13. The van der Waals surface area contributed by atoms with Gasteiger partial charge in [-0.3, -0.25) is 4.79 Å². The quantitative estimate of drug-likeness (QED) is 0.879. The Bertz CT molecular complexity index is 721. The third-order valence-corrected chi connectivity index (χ3v) is 2.92. The van der Waals surface area contributed by atoms with Crippen molar-refractivity contribution < 1.29 is 23.8 Å². The third kappa shape index (κ3) is 3.63. The first-order valence-electron chi connectivity index (χ1n) is 6.57. The number of carbonyl (C=O) groups is 2. The number of amides is 1. The molecule has 0 aliphatic carbocycles. The van der Waals surface area contributed by atoms with Crippen LogP contribution < -0.4 is 10.1 Å². The summed E-state index contributed by atoms with van der Waals surface area (Å²) in [5, 5.41) is 11.3. The number of oxazole rings is 1. The molecule has 0 atom stereocenters. The molecule has 0 fully saturated rings. The van der Waals surface area contributed by atoms with E-state index in [0.717, 1.165) is 5.56 Å². The summed E-state index contributed by atoms with van der Waals surface area (Å²) in [6.07, 6.45) is 0. The van der Waals surface area contributed by atoms with Crippen LogP contribution in [0.15, 0.2) is 22.6 Å². The Balaban J connectivity index is 2.11. The highest BCUT2D eigenvalue weighted by atomic mass is 16.5. The van der Waals surface area contributed by atoms with Crippen molar-refractivity contribution in [2.24, 2.45) is 0 Å². The smallest absolute Gasteiger partial charge is 0.341 e. The standard InChI is InChI=1S/C15H16N2O5/c1-8-6-11(21-7-13(18)19)4-5-12(8)17-15(20)14-9(2)16-10(3)22-14/h4-6H,7H2,1-3H3,(H,17,20)(H,18,19). The van der Waals surface area contributed by atoms with Gasteiger partial charge in [-0.25, -0.2) is 9.78 Å². The largest absolute Gasteiger partial charge is 0.482 e. The summed E-state index contributed by atoms with van der Waals surface area (Å²) in [5.74, 6) is -0.420. The van der Waals surface area contributed by atoms with Crippen molar-refractivity contribution >= 4 is 17.6 Å². The Morgan fingerprint density at radius 2 is 2.05 bits per heavy atom. The van der Waals surface area contributed by atoms with Gasteiger partial charge in [0.05, 0.1) is 5.69 Å². The molecule has 22 heavy (non-hydrogen) atoms. The van der Waals surface area contributed by atoms with Gasteiger partial charge in [-0.15, -0.1) is 0 Å². The van der Waals surface area contributed by atoms with Gasteiger partial charge >= 0.3 is 5.97 Å². The first-order valence-corrected chi connectivity index (χ1v) is 6.57. The number of nitrogens with one attached hydrogen (secondary N) is 1. The normalized spacial score (nSPS) is 10.3. The van der Waals surface area contributed by atoms with Crippen molar-refractivity contribution in [1.29, 1.82) is 0 Å². The molecule has 0 aliphatic rings. The number of carbonyl (C=O) groups excluding carboxylic acids is 1. The number of nitrogens with zero attached hydrogens (tertiary/aromatic N) is 1. The second-order valence-electron chi connectivity index (χ2n) is 4.76. The van der Waals surface area contributed by atoms with Crippen molar-refractivity contribution in [2.75, 3.05) is 11.9 Å². The zero-order valence-corrected chi connectivity index (χ0v) is 12.5. The molecule has 2 N–H and O–H groups in total. The fraction of sp³-hybridized carbons (Fsp3) is 0.267. The van der Waals surface area contributed by atoms with E-state index in [1.807, 2.05) is 0 Å². The van der Waals surface area contributed by atoms with Crippen molar-refractivity contribution in [3.05, 3.63) is 41.1 Å². The molecule has 0 aliphatic heterocycles. The molecular weight excluding hydrogens is 288 g/mol. The molecule has 2 rings (SSSR count). The summed E-state index contributed by atoms with van der Waals surface area (Å²) in [6, 6.07) is 4.88. The van der Waals surface area contributed by atoms with Gasteiger partial charge in [0.2, 0.25) is 5.76 Å². The predicted molar refractivity (Wildman–Crippen MR) is 78.2 cm³/mol. The molecule has 1 amide bonds. The average Bonchev–Trinajstić information content (AvgIpc) is 2.78. The van der Waals surface area contributed by atoms with Gasteiger partial charge in [0, 0.05) is 12.6 Å². The number of benzene rings is 1. The third-order valence-electron chi connectivity index (χ3n) is 2.92. The van der Waals surface area contributed by atoms with Gasteiger partial charge in [-0.1, -0.05) is 0 Å². The topological polar surface area (TPSA) is 102 Å². The molecular formula is C15H16N2O5. The molecule has 7 heteroatoms. The summed E-state index contributed by atoms with van der Waals surface area (Å²) < 4.78 is 10.3. The maximum Gasteiger partial charge on any atom is 0.341 e. The molecule has 7 nitrogen and oxygen atoms in total. The van der Waals surface area contributed by atoms with Crippen LogP contribution in [-0.4, -0.2) is 28.6 Å². The van der Waals surface area contributed by atoms with Crippen molar-refractivity contribution in [3.8, 4) is 5.75 Å². The zero-order valence-electron chi connectivity index (χ0n) is 12.5. The Labute approximate surface area is 126 Å². The highest BCUT2D eigenvalue weighted by Crippen LogP contribution is 2.22. The van der Waals surface area contributed by atoms with Crippen LogP contribution in [0.2, 0.25) is 0 Å². The Morgan fingerprint density at radius 1 is 1.32 bits per heavy atom. The highest BCUT2D eigenvalue weighted by Gasteiger charge is 2.16. The summed E-state index contributed by atoms with van der Waals surface area (Å²) in [4.78, 5) is 26.7. The fourth-order valence-electron chi connectivity index (χ4n) is 1.93. The molecule has 1 heterocycles. The first kappa shape index (κ1) is 15.6. The maximum atomic E-state index is 12.1. The fourth-order valence-corrected chi connectivity index (χ4v) is 1.93. The molecule has 0 saturated heterocycles. The van der Waals surface area contributed by atoms with Crippen LogP contribution in [0.3, 0.4) is 0 Å². The number of aryl methyl sites for hydroxylation is 3. The van der Waals surface area contributed by atoms with Gasteiger partial charge in [-0.05, 0) is 37.6 Å². The molecule has 116 valence electrons. The van der Waals surface area contributed by atoms with Crippen molar-refractivity contribution in [3.63, 3.8) is 0 Å². The Morgan fingerprint density at radius 3 is 2.59 bits per heavy atom. The Hall–Kier alpha value is -2.83. The second kappa shape index (κ2) is 6.30. The summed E-state index contributed by atoms with van der Waals surface area (Å²) >= 11 is 0. The summed E-state index contributed by atoms with van der Waals surface area (Å²) in [6.45, 7) is 4.73. The van der Waals surface area contributed by atoms with Crippen LogP contribution in [0.1, 0.15) is 27.7 Å². The number of rotatable bonds is 5. The molecule has 1 aromatic heterocycles. The minimum Gasteiger partial charge on any atom is -0.482 e. The van der Waals surface area contributed by atoms with Gasteiger partial charge in [0.15, 0.2) is 12.5 Å². The summed E-state index contributed by atoms with van der Waals surface area (Å²) in [5.41, 5.74) is 1.85. The van der Waals surface area contributed by atoms with E-state index in [1.165, 1.54) is 0 Å². The molecule has 0 bridgehead atoms. The van der Waals surface area contributed by atoms with Gasteiger partial charge in [0.25, 0.3) is 5.91 Å². The maximum absolute atomic E-state index is 12.1. The van der Waals surface area contributed by atoms with Crippen LogP contribution >= 0.6 is 0 Å². The van der Waals surface area contributed by atoms with Crippen LogP contribution in [-0.2, 0) is 4.79 Å². The van der Waals surface area contributed by atoms with E-state index in [1.54, 1.807) is 39.0 Å². The molecule has 0 saturated carbocycles. The molecule has 2 aromatic rings. The highest BCUT2D eigenvalue weighted by molar-refractivity contribution is 6.03. The SMILES string of the molecule is Cc1nc(C)c(C(=O)Nc2ccc(OCC(=O)O)cc2C)o1. The second-order valence-corrected chi connectivity index (χ2v) is 4.76. The van der Waals surface area contributed by atoms with Crippen LogP contribution in [0.4, 0.5) is 5.69 Å². The Kier molecular flexibility index (Phi) is 4.45. The van der Waals surface area contributed by atoms with Crippen LogP contribution in [0.25, 0.3) is 0 Å². The number of carboxylic acid groups (broad SMARTS) is 1. The van der Waals surface area contributed by atoms with Crippen molar-refractivity contribution in [1.82, 2.24) is 4.98 Å². The molecule has 0 radical (unpaired) electrons. The van der Waals surface area contributed by atoms with E-state index in [0.29, 0.717) is 23.0 Å². The van der Waals surface area contributed by atoms with E-state index in [4.69, 9.17) is 14.3 Å². The minimum atomic E-state index is -1.05. The van der Waals surface area contributed by atoms with E-state index < -0.39 is 12.6 Å². The lowest BCUT2D eigenvalue weighted by Gasteiger charge is -2.10. The number of aromatic nitrogens is 1. The number of carboxylic acids is 1. The minimum absolute atomic E-state index is 0.170. The van der Waals surface area contributed by atoms with Gasteiger partial charge in [0.1, 0.15) is 5.75 Å². The van der Waals surface area contributed by atoms with Crippen molar-refractivity contribution in [2.45, 2.75) is 20.8 Å². The molecule has 0 spiro atoms. The number of aliphatic carboxylic acids is 1. The van der Waals surface area contributed by atoms with Gasteiger partial charge < -0.3 is 19.6 Å². The molecule has 0 unspecified atom stereocenters. The van der Waals surface area contributed by atoms with Crippen LogP contribution in [0.5, 0.6) is 5.75 Å². The predicted octanol–water partition coefficient (Wildman–Crippen LogP) is 2.32. The molecule has 1 aromatic carbocycles. The monoisotopic (exact) mass is 304 g/mol. The van der Waals surface area contributed by atoms with E-state index in [-0.39, 0.29) is 11.7 Å². The summed E-state index contributed by atoms with van der Waals surface area (Å²) in [7, 11) is 0. The van der Waals surface area contributed by atoms with E-state index in [9.17, 15) is 9.59 Å². The number of anilines is 1. The number of ether oxygens (including phenoxy) is 1. The first-order chi connectivity index (χ1) is 10.4. The number of hydrogen-bond donors (Lipinski definition) is 2. The van der Waals surface area contributed by atoms with Crippen LogP contribution in [0, 0.1) is 20.8 Å². The lowest BCUT2D eigenvalue weighted by atomic mass is 10.2.